The molecule has 0 heterocycles. The summed E-state index contributed by atoms with van der Waals surface area (Å²) in [6.45, 7) is 0. The smallest absolute Gasteiger partial charge is 0.288 e. The van der Waals surface area contributed by atoms with Gasteiger partial charge in [-0.25, -0.2) is 0 Å². The van der Waals surface area contributed by atoms with Gasteiger partial charge in [0.05, 0.1) is 4.92 Å². The molecule has 2 rings (SSSR count). The summed E-state index contributed by atoms with van der Waals surface area (Å²) in [5, 5.41) is 10.7. The Bertz CT molecular complexity index is 459. The molecule has 0 aliphatic heterocycles. The van der Waals surface area contributed by atoms with Crippen LogP contribution in [0.4, 0.5) is 5.69 Å². The molecular weight excluding hydrogens is 242 g/mol. The molecule has 1 unspecified atom stereocenters. The molecule has 1 aliphatic rings. The first-order valence-corrected chi connectivity index (χ1v) is 5.82. The Hall–Kier alpha value is -1.55. The van der Waals surface area contributed by atoms with E-state index in [4.69, 9.17) is 16.3 Å². The minimum atomic E-state index is -0.507. The zero-order valence-corrected chi connectivity index (χ0v) is 9.89. The number of allylic oxidation sites excluding steroid dienone is 1. The van der Waals surface area contributed by atoms with Gasteiger partial charge in [0.25, 0.3) is 5.69 Å². The number of nitrogens with zero attached hydrogens (tertiary/aromatic N) is 1. The molecule has 0 spiro atoms. The van der Waals surface area contributed by atoms with Gasteiger partial charge in [0.1, 0.15) is 16.9 Å². The molecule has 0 saturated carbocycles. The quantitative estimate of drug-likeness (QED) is 0.468. The largest absolute Gasteiger partial charge is 0.486 e. The molecule has 0 radical (unpaired) electrons. The van der Waals surface area contributed by atoms with E-state index in [1.165, 1.54) is 12.1 Å². The molecule has 0 bridgehead atoms. The molecule has 90 valence electrons. The monoisotopic (exact) mass is 253 g/mol. The first-order valence-electron chi connectivity index (χ1n) is 5.44. The highest BCUT2D eigenvalue weighted by Crippen LogP contribution is 2.29. The second-order valence-electron chi connectivity index (χ2n) is 3.89. The van der Waals surface area contributed by atoms with E-state index in [0.717, 1.165) is 19.3 Å². The number of benzene rings is 1. The summed E-state index contributed by atoms with van der Waals surface area (Å²) < 4.78 is 5.68. The number of hydrogen-bond acceptors (Lipinski definition) is 3. The number of nitro benzene ring substituents is 1. The molecule has 1 aromatic carbocycles. The van der Waals surface area contributed by atoms with Crippen molar-refractivity contribution < 1.29 is 9.66 Å². The van der Waals surface area contributed by atoms with Gasteiger partial charge >= 0.3 is 0 Å². The van der Waals surface area contributed by atoms with E-state index in [0.29, 0.717) is 5.75 Å². The number of rotatable bonds is 3. The van der Waals surface area contributed by atoms with Gasteiger partial charge in [0, 0.05) is 12.1 Å². The maximum absolute atomic E-state index is 10.6. The van der Waals surface area contributed by atoms with E-state index in [-0.39, 0.29) is 16.8 Å². The van der Waals surface area contributed by atoms with E-state index >= 15 is 0 Å². The highest BCUT2D eigenvalue weighted by molar-refractivity contribution is 6.32. The maximum atomic E-state index is 10.6. The van der Waals surface area contributed by atoms with Gasteiger partial charge < -0.3 is 4.74 Å². The molecule has 0 amide bonds. The highest BCUT2D eigenvalue weighted by atomic mass is 35.5. The van der Waals surface area contributed by atoms with Crippen molar-refractivity contribution in [1.29, 1.82) is 0 Å². The van der Waals surface area contributed by atoms with Gasteiger partial charge in [-0.15, -0.1) is 0 Å². The van der Waals surface area contributed by atoms with Crippen LogP contribution in [-0.2, 0) is 0 Å². The van der Waals surface area contributed by atoms with Crippen LogP contribution in [-0.4, -0.2) is 11.0 Å². The lowest BCUT2D eigenvalue weighted by atomic mass is 10.1. The van der Waals surface area contributed by atoms with Crippen molar-refractivity contribution in [2.45, 2.75) is 25.4 Å². The summed E-state index contributed by atoms with van der Waals surface area (Å²) in [5.41, 5.74) is -0.0989. The van der Waals surface area contributed by atoms with E-state index < -0.39 is 4.92 Å². The molecule has 0 aromatic heterocycles. The summed E-state index contributed by atoms with van der Waals surface area (Å²) in [5.74, 6) is 0.567. The third kappa shape index (κ3) is 2.97. The van der Waals surface area contributed by atoms with Crippen LogP contribution in [0.15, 0.2) is 30.4 Å². The molecule has 5 heteroatoms. The Balaban J connectivity index is 2.12. The number of halogens is 1. The lowest BCUT2D eigenvalue weighted by molar-refractivity contribution is -0.384. The van der Waals surface area contributed by atoms with Crippen molar-refractivity contribution >= 4 is 17.3 Å². The second kappa shape index (κ2) is 5.19. The van der Waals surface area contributed by atoms with Crippen molar-refractivity contribution in [2.24, 2.45) is 0 Å². The Morgan fingerprint density at radius 2 is 2.29 bits per heavy atom. The van der Waals surface area contributed by atoms with Crippen molar-refractivity contribution in [2.75, 3.05) is 0 Å². The Morgan fingerprint density at radius 1 is 1.47 bits per heavy atom. The lowest BCUT2D eigenvalue weighted by Gasteiger charge is -2.18. The first-order chi connectivity index (χ1) is 8.16. The van der Waals surface area contributed by atoms with E-state index in [1.807, 2.05) is 6.08 Å². The van der Waals surface area contributed by atoms with Crippen LogP contribution in [0, 0.1) is 10.1 Å². The molecule has 17 heavy (non-hydrogen) atoms. The van der Waals surface area contributed by atoms with Crippen molar-refractivity contribution in [3.8, 4) is 5.75 Å². The normalized spacial score (nSPS) is 19.0. The Morgan fingerprint density at radius 3 is 2.88 bits per heavy atom. The molecular formula is C12H12ClNO3. The first kappa shape index (κ1) is 11.9. The molecule has 0 N–H and O–H groups in total. The van der Waals surface area contributed by atoms with E-state index in [9.17, 15) is 10.1 Å². The average molecular weight is 254 g/mol. The lowest BCUT2D eigenvalue weighted by Crippen LogP contribution is -2.15. The summed E-state index contributed by atoms with van der Waals surface area (Å²) in [6.07, 6.45) is 7.29. The summed E-state index contributed by atoms with van der Waals surface area (Å²) in [7, 11) is 0. The highest BCUT2D eigenvalue weighted by Gasteiger charge is 2.15. The molecule has 0 saturated heterocycles. The summed E-state index contributed by atoms with van der Waals surface area (Å²) >= 11 is 5.80. The molecule has 1 atom stereocenters. The zero-order chi connectivity index (χ0) is 12.3. The molecule has 1 aliphatic carbocycles. The van der Waals surface area contributed by atoms with Crippen molar-refractivity contribution in [3.05, 3.63) is 45.5 Å². The van der Waals surface area contributed by atoms with Crippen molar-refractivity contribution in [3.63, 3.8) is 0 Å². The predicted octanol–water partition coefficient (Wildman–Crippen LogP) is 3.74. The van der Waals surface area contributed by atoms with Crippen LogP contribution in [0.2, 0.25) is 5.02 Å². The minimum Gasteiger partial charge on any atom is -0.486 e. The van der Waals surface area contributed by atoms with Crippen LogP contribution in [0.5, 0.6) is 5.75 Å². The minimum absolute atomic E-state index is 0.0428. The number of hydrogen-bond donors (Lipinski definition) is 0. The van der Waals surface area contributed by atoms with Gasteiger partial charge in [-0.2, -0.15) is 0 Å². The van der Waals surface area contributed by atoms with Crippen LogP contribution in [0.3, 0.4) is 0 Å². The average Bonchev–Trinajstić information content (AvgIpc) is 2.30. The van der Waals surface area contributed by atoms with E-state index in [1.54, 1.807) is 6.07 Å². The molecule has 0 fully saturated rings. The summed E-state index contributed by atoms with van der Waals surface area (Å²) in [6, 6.07) is 4.43. The van der Waals surface area contributed by atoms with Crippen LogP contribution < -0.4 is 4.74 Å². The zero-order valence-electron chi connectivity index (χ0n) is 9.14. The van der Waals surface area contributed by atoms with Gasteiger partial charge in [-0.05, 0) is 31.4 Å². The number of ether oxygens (including phenoxy) is 1. The van der Waals surface area contributed by atoms with Crippen LogP contribution in [0.25, 0.3) is 0 Å². The van der Waals surface area contributed by atoms with Gasteiger partial charge in [-0.1, -0.05) is 17.7 Å². The summed E-state index contributed by atoms with van der Waals surface area (Å²) in [4.78, 5) is 10.1. The maximum Gasteiger partial charge on any atom is 0.288 e. The second-order valence-corrected chi connectivity index (χ2v) is 4.29. The van der Waals surface area contributed by atoms with Gasteiger partial charge in [-0.3, -0.25) is 10.1 Å². The standard InChI is InChI=1S/C12H12ClNO3/c13-11-8-10(6-7-12(11)14(15)16)17-9-4-2-1-3-5-9/h2,4,6-9H,1,3,5H2. The predicted molar refractivity (Wildman–Crippen MR) is 65.5 cm³/mol. The van der Waals surface area contributed by atoms with Gasteiger partial charge in [0.2, 0.25) is 0 Å². The third-order valence-corrected chi connectivity index (χ3v) is 2.92. The van der Waals surface area contributed by atoms with Crippen molar-refractivity contribution in [1.82, 2.24) is 0 Å². The van der Waals surface area contributed by atoms with Crippen LogP contribution >= 0.6 is 11.6 Å². The topological polar surface area (TPSA) is 52.4 Å². The third-order valence-electron chi connectivity index (χ3n) is 2.61. The van der Waals surface area contributed by atoms with Gasteiger partial charge in [0.15, 0.2) is 0 Å². The van der Waals surface area contributed by atoms with E-state index in [2.05, 4.69) is 6.08 Å². The Labute approximate surface area is 104 Å². The Kier molecular flexibility index (Phi) is 3.64. The molecule has 1 aromatic rings. The SMILES string of the molecule is O=[N+]([O-])c1ccc(OC2C=CCCC2)cc1Cl. The number of nitro groups is 1. The fraction of sp³-hybridized carbons (Fsp3) is 0.333. The molecule has 4 nitrogen and oxygen atoms in total. The van der Waals surface area contributed by atoms with Crippen LogP contribution in [0.1, 0.15) is 19.3 Å². The fourth-order valence-corrected chi connectivity index (χ4v) is 2.00. The fourth-order valence-electron chi connectivity index (χ4n) is 1.76.